The van der Waals surface area contributed by atoms with Crippen LogP contribution in [0.15, 0.2) is 36.5 Å². The molecule has 76 valence electrons. The largest absolute Gasteiger partial charge is 0.289 e. The fourth-order valence-electron chi connectivity index (χ4n) is 1.99. The van der Waals surface area contributed by atoms with Crippen LogP contribution < -0.4 is 9.59 Å². The number of benzene rings is 1. The number of ketones is 1. The Bertz CT molecular complexity index is 765. The summed E-state index contributed by atoms with van der Waals surface area (Å²) in [5, 5.41) is 3.14. The second kappa shape index (κ2) is 3.16. The predicted octanol–water partition coefficient (Wildman–Crippen LogP) is 0.964. The summed E-state index contributed by atoms with van der Waals surface area (Å²) in [5.74, 6) is 2.92. The first-order chi connectivity index (χ1) is 7.74. The van der Waals surface area contributed by atoms with Crippen LogP contribution in [0.3, 0.4) is 0 Å². The first-order valence-corrected chi connectivity index (χ1v) is 5.17. The van der Waals surface area contributed by atoms with Crippen LogP contribution in [0, 0.1) is 12.8 Å². The van der Waals surface area contributed by atoms with Crippen LogP contribution in [0.4, 0.5) is 0 Å². The summed E-state index contributed by atoms with van der Waals surface area (Å²) in [4.78, 5) is 11.3. The van der Waals surface area contributed by atoms with Crippen molar-refractivity contribution in [1.29, 1.82) is 0 Å². The minimum Gasteiger partial charge on any atom is -0.289 e. The average Bonchev–Trinajstić information content (AvgIpc) is 2.28. The lowest BCUT2D eigenvalue weighted by Crippen LogP contribution is -2.38. The van der Waals surface area contributed by atoms with Crippen LogP contribution in [0.25, 0.3) is 16.8 Å². The van der Waals surface area contributed by atoms with Gasteiger partial charge < -0.3 is 0 Å². The highest BCUT2D eigenvalue weighted by Gasteiger charge is 2.08. The molecule has 0 radical (unpaired) electrons. The molecule has 1 aromatic heterocycles. The zero-order chi connectivity index (χ0) is 11.1. The molecule has 0 saturated heterocycles. The number of pyridine rings is 1. The molecular formula is C14H10NO+. The summed E-state index contributed by atoms with van der Waals surface area (Å²) in [6.07, 6.45) is 5.03. The molecule has 2 heterocycles. The smallest absolute Gasteiger partial charge is 0.232 e. The van der Waals surface area contributed by atoms with Crippen LogP contribution >= 0.6 is 0 Å². The van der Waals surface area contributed by atoms with Gasteiger partial charge in [0, 0.05) is 6.07 Å². The number of aryl methyl sites for hydroxylation is 1. The van der Waals surface area contributed by atoms with E-state index in [0.29, 0.717) is 0 Å². The molecule has 0 atom stereocenters. The molecule has 1 aliphatic rings. The number of fused-ring (bicyclic) bond motifs is 3. The van der Waals surface area contributed by atoms with Crippen LogP contribution in [-0.4, -0.2) is 5.78 Å². The van der Waals surface area contributed by atoms with Crippen LogP contribution in [-0.2, 0) is 4.79 Å². The first kappa shape index (κ1) is 9.08. The number of carbonyl (C=O) groups is 1. The second-order valence-corrected chi connectivity index (χ2v) is 3.98. The number of hydrogen-bond donors (Lipinski definition) is 0. The molecule has 1 aliphatic heterocycles. The Hall–Kier alpha value is -2.18. The van der Waals surface area contributed by atoms with E-state index in [1.807, 2.05) is 22.6 Å². The highest BCUT2D eigenvalue weighted by Crippen LogP contribution is 2.10. The number of rotatable bonds is 0. The normalized spacial score (nSPS) is 13.2. The van der Waals surface area contributed by atoms with Gasteiger partial charge in [-0.25, -0.2) is 0 Å². The molecule has 0 unspecified atom stereocenters. The molecule has 0 spiro atoms. The lowest BCUT2D eigenvalue weighted by molar-refractivity contribution is -0.516. The predicted molar refractivity (Wildman–Crippen MR) is 61.2 cm³/mol. The Morgan fingerprint density at radius 3 is 3.00 bits per heavy atom. The second-order valence-electron chi connectivity index (χ2n) is 3.98. The summed E-state index contributed by atoms with van der Waals surface area (Å²) in [6.45, 7) is 2.06. The molecule has 3 rings (SSSR count). The number of nitrogens with zero attached hydrogens (tertiary/aromatic N) is 1. The molecule has 2 aromatic rings. The third-order valence-corrected chi connectivity index (χ3v) is 2.77. The van der Waals surface area contributed by atoms with Gasteiger partial charge in [0.05, 0.1) is 17.5 Å². The van der Waals surface area contributed by atoms with Crippen molar-refractivity contribution in [1.82, 2.24) is 0 Å². The van der Waals surface area contributed by atoms with E-state index in [2.05, 4.69) is 24.9 Å². The van der Waals surface area contributed by atoms with Gasteiger partial charge in [0.1, 0.15) is 0 Å². The SMILES string of the molecule is Cc1ccc2c3[n+](ccc2c1)=C=CC(=O)C=3. The van der Waals surface area contributed by atoms with E-state index >= 15 is 0 Å². The van der Waals surface area contributed by atoms with E-state index in [0.717, 1.165) is 16.1 Å². The third kappa shape index (κ3) is 1.28. The quantitative estimate of drug-likeness (QED) is 0.591. The van der Waals surface area contributed by atoms with Crippen molar-refractivity contribution >= 4 is 22.6 Å². The number of aromatic nitrogens is 1. The molecule has 2 heteroatoms. The summed E-state index contributed by atoms with van der Waals surface area (Å²) >= 11 is 0. The maximum Gasteiger partial charge on any atom is 0.232 e. The fraction of sp³-hybridized carbons (Fsp3) is 0.0714. The number of allylic oxidation sites excluding steroid dienone is 1. The van der Waals surface area contributed by atoms with Gasteiger partial charge in [-0.2, -0.15) is 0 Å². The van der Waals surface area contributed by atoms with E-state index in [4.69, 9.17) is 0 Å². The third-order valence-electron chi connectivity index (χ3n) is 2.77. The van der Waals surface area contributed by atoms with E-state index in [9.17, 15) is 4.79 Å². The van der Waals surface area contributed by atoms with Crippen LogP contribution in [0.1, 0.15) is 5.56 Å². The van der Waals surface area contributed by atoms with Crippen molar-refractivity contribution in [2.75, 3.05) is 0 Å². The van der Waals surface area contributed by atoms with Gasteiger partial charge in [-0.05, 0) is 18.4 Å². The Morgan fingerprint density at radius 2 is 2.12 bits per heavy atom. The van der Waals surface area contributed by atoms with E-state index < -0.39 is 0 Å². The van der Waals surface area contributed by atoms with Crippen molar-refractivity contribution in [3.05, 3.63) is 53.3 Å². The molecule has 0 saturated carbocycles. The molecule has 1 aromatic carbocycles. The Balaban J connectivity index is 2.61. The van der Waals surface area contributed by atoms with Gasteiger partial charge in [-0.15, -0.1) is 4.24 Å². The van der Waals surface area contributed by atoms with Gasteiger partial charge in [0.25, 0.3) is 0 Å². The van der Waals surface area contributed by atoms with E-state index in [1.54, 1.807) is 6.08 Å². The minimum absolute atomic E-state index is 0.00641. The number of hydrogen-bond acceptors (Lipinski definition) is 1. The topological polar surface area (TPSA) is 23.0 Å². The fourth-order valence-corrected chi connectivity index (χ4v) is 1.99. The molecule has 0 N–H and O–H groups in total. The zero-order valence-corrected chi connectivity index (χ0v) is 8.90. The maximum absolute atomic E-state index is 11.3. The van der Waals surface area contributed by atoms with Crippen molar-refractivity contribution in [3.8, 4) is 0 Å². The molecule has 16 heavy (non-hydrogen) atoms. The van der Waals surface area contributed by atoms with Gasteiger partial charge in [0.15, 0.2) is 17.8 Å². The lowest BCUT2D eigenvalue weighted by atomic mass is 10.1. The Morgan fingerprint density at radius 1 is 1.25 bits per heavy atom. The first-order valence-electron chi connectivity index (χ1n) is 5.17. The average molecular weight is 208 g/mol. The van der Waals surface area contributed by atoms with Gasteiger partial charge in [-0.1, -0.05) is 17.7 Å². The highest BCUT2D eigenvalue weighted by molar-refractivity contribution is 6.13. The number of carbonyl (C=O) groups excluding carboxylic acids is 1. The molecule has 0 aliphatic carbocycles. The summed E-state index contributed by atoms with van der Waals surface area (Å²) in [5.41, 5.74) is 1.22. The van der Waals surface area contributed by atoms with Gasteiger partial charge >= 0.3 is 0 Å². The summed E-state index contributed by atoms with van der Waals surface area (Å²) < 4.78 is 1.85. The summed E-state index contributed by atoms with van der Waals surface area (Å²) in [7, 11) is 0. The van der Waals surface area contributed by atoms with Gasteiger partial charge in [-0.3, -0.25) is 4.79 Å². The lowest BCUT2D eigenvalue weighted by Gasteiger charge is -1.97. The summed E-state index contributed by atoms with van der Waals surface area (Å²) in [6, 6.07) is 8.26. The Labute approximate surface area is 92.5 Å². The highest BCUT2D eigenvalue weighted by atomic mass is 16.1. The van der Waals surface area contributed by atoms with Crippen LogP contribution in [0.2, 0.25) is 0 Å². The molecular weight excluding hydrogens is 198 g/mol. The van der Waals surface area contributed by atoms with Gasteiger partial charge in [0.2, 0.25) is 5.35 Å². The van der Waals surface area contributed by atoms with E-state index in [1.165, 1.54) is 11.6 Å². The van der Waals surface area contributed by atoms with Crippen molar-refractivity contribution in [2.24, 2.45) is 0 Å². The molecule has 0 fully saturated rings. The van der Waals surface area contributed by atoms with Crippen molar-refractivity contribution < 1.29 is 9.04 Å². The minimum atomic E-state index is -0.00641. The monoisotopic (exact) mass is 208 g/mol. The molecule has 2 nitrogen and oxygen atoms in total. The maximum atomic E-state index is 11.3. The van der Waals surface area contributed by atoms with Crippen molar-refractivity contribution in [3.63, 3.8) is 0 Å². The van der Waals surface area contributed by atoms with Crippen molar-refractivity contribution in [2.45, 2.75) is 6.92 Å². The standard InChI is InChI=1S/C14H10NO/c1-10-2-3-13-11(8-10)4-6-15-7-5-12(16)9-14(13)15/h2-6,8-9H,1H3/q+1. The zero-order valence-electron chi connectivity index (χ0n) is 8.90. The molecule has 0 amide bonds. The van der Waals surface area contributed by atoms with E-state index in [-0.39, 0.29) is 5.78 Å². The Kier molecular flexibility index (Phi) is 1.79. The molecule has 0 bridgehead atoms. The van der Waals surface area contributed by atoms with Crippen LogP contribution in [0.5, 0.6) is 0 Å².